The molecule has 4 N–H and O–H groups in total. The van der Waals surface area contributed by atoms with Crippen molar-refractivity contribution < 1.29 is 75.8 Å². The standard InChI is InChI=1S/C97H172O16P2/c1-4-7-10-13-16-19-22-25-28-30-32-34-36-38-40-42-44-45-47-49-50-52-54-56-58-60-63-65-68-71-74-77-80-83-95(100)107-86-92(98)87-109-114(103,104)110-88-93(99)89-111-115(105,106)112-91-94(113-97(102)85-82-79-76-73-70-67-62-27-24-21-18-15-12-9-6-3)90-108-96(101)84-81-78-75-72-69-66-64-61-59-57-55-53-51-48-46-43-41-39-37-35-33-31-29-26-23-20-17-14-11-8-5-2/h7-8,10-11,16-17,19-20,25-26,28-29,32-35,38-41,92-94,98-99H,4-6,9,12-15,18,21-24,27,30-31,36-37,42-91H2,1-3H3,(H,103,104)(H,105,106)/b10-7-,11-8-,19-16-,20-17-,28-25-,29-26-,34-32-,35-33-,40-38-,41-39-. The lowest BCUT2D eigenvalue weighted by atomic mass is 10.0. The fourth-order valence-electron chi connectivity index (χ4n) is 13.2. The van der Waals surface area contributed by atoms with E-state index in [9.17, 15) is 43.5 Å². The molecule has 0 aromatic carbocycles. The monoisotopic (exact) mass is 1660 g/mol. The van der Waals surface area contributed by atoms with Crippen LogP contribution in [-0.4, -0.2) is 95.9 Å². The van der Waals surface area contributed by atoms with Gasteiger partial charge in [0.05, 0.1) is 26.4 Å². The zero-order valence-electron chi connectivity index (χ0n) is 73.4. The Bertz CT molecular complexity index is 2570. The minimum atomic E-state index is -4.93. The van der Waals surface area contributed by atoms with E-state index in [1.165, 1.54) is 231 Å². The van der Waals surface area contributed by atoms with Crippen LogP contribution in [0.2, 0.25) is 0 Å². The first kappa shape index (κ1) is 111. The number of hydrogen-bond donors (Lipinski definition) is 4. The number of hydrogen-bond acceptors (Lipinski definition) is 14. The van der Waals surface area contributed by atoms with E-state index in [0.717, 1.165) is 128 Å². The first-order valence-electron chi connectivity index (χ1n) is 46.8. The van der Waals surface area contributed by atoms with E-state index in [4.69, 9.17) is 32.3 Å². The summed E-state index contributed by atoms with van der Waals surface area (Å²) in [4.78, 5) is 58.9. The molecule has 666 valence electrons. The summed E-state index contributed by atoms with van der Waals surface area (Å²) in [7, 11) is -9.79. The number of phosphoric ester groups is 2. The molecule has 0 amide bonds. The van der Waals surface area contributed by atoms with Crippen LogP contribution in [0.25, 0.3) is 0 Å². The first-order chi connectivity index (χ1) is 56.2. The third kappa shape index (κ3) is 90.6. The van der Waals surface area contributed by atoms with Crippen molar-refractivity contribution in [1.29, 1.82) is 0 Å². The molecule has 0 aliphatic carbocycles. The number of rotatable bonds is 89. The summed E-state index contributed by atoms with van der Waals surface area (Å²) in [5.41, 5.74) is 0. The average molecular weight is 1660 g/mol. The van der Waals surface area contributed by atoms with Crippen LogP contribution >= 0.6 is 15.6 Å². The summed E-state index contributed by atoms with van der Waals surface area (Å²) in [6.45, 7) is 2.54. The molecule has 0 saturated heterocycles. The Kier molecular flexibility index (Phi) is 86.1. The number of carbonyl (C=O) groups excluding carboxylic acids is 3. The van der Waals surface area contributed by atoms with Gasteiger partial charge in [0.25, 0.3) is 0 Å². The highest BCUT2D eigenvalue weighted by Gasteiger charge is 2.30. The second-order valence-corrected chi connectivity index (χ2v) is 34.3. The Labute approximate surface area is 703 Å². The van der Waals surface area contributed by atoms with E-state index < -0.39 is 91.5 Å². The molecule has 0 aromatic rings. The van der Waals surface area contributed by atoms with Crippen molar-refractivity contribution in [2.24, 2.45) is 0 Å². The van der Waals surface area contributed by atoms with Gasteiger partial charge >= 0.3 is 33.6 Å². The molecule has 0 aliphatic heterocycles. The van der Waals surface area contributed by atoms with E-state index in [-0.39, 0.29) is 19.3 Å². The molecule has 0 heterocycles. The average Bonchev–Trinajstić information content (AvgIpc) is 0.898. The van der Waals surface area contributed by atoms with E-state index in [1.807, 2.05) is 0 Å². The van der Waals surface area contributed by atoms with Crippen molar-refractivity contribution in [2.75, 3.05) is 39.6 Å². The van der Waals surface area contributed by atoms with Gasteiger partial charge in [-0.1, -0.05) is 412 Å². The van der Waals surface area contributed by atoms with Crippen LogP contribution in [0, 0.1) is 0 Å². The number of ether oxygens (including phenoxy) is 3. The smallest absolute Gasteiger partial charge is 0.463 e. The summed E-state index contributed by atoms with van der Waals surface area (Å²) in [5, 5.41) is 20.7. The molecule has 0 saturated carbocycles. The van der Waals surface area contributed by atoms with Crippen LogP contribution in [0.15, 0.2) is 122 Å². The molecule has 5 unspecified atom stereocenters. The van der Waals surface area contributed by atoms with Gasteiger partial charge < -0.3 is 34.2 Å². The lowest BCUT2D eigenvalue weighted by Crippen LogP contribution is -2.30. The zero-order valence-corrected chi connectivity index (χ0v) is 75.2. The minimum Gasteiger partial charge on any atom is -0.463 e. The van der Waals surface area contributed by atoms with Crippen molar-refractivity contribution in [3.05, 3.63) is 122 Å². The molecule has 5 atom stereocenters. The number of carbonyl (C=O) groups is 3. The molecular weight excluding hydrogens is 1480 g/mol. The molecule has 0 aromatic heterocycles. The maximum Gasteiger partial charge on any atom is 0.472 e. The number of esters is 3. The number of aliphatic hydroxyl groups excluding tert-OH is 2. The maximum atomic E-state index is 13.0. The fourth-order valence-corrected chi connectivity index (χ4v) is 14.7. The van der Waals surface area contributed by atoms with Crippen LogP contribution in [0.1, 0.15) is 419 Å². The summed E-state index contributed by atoms with van der Waals surface area (Å²) in [6, 6.07) is 0. The van der Waals surface area contributed by atoms with E-state index in [2.05, 4.69) is 142 Å². The highest BCUT2D eigenvalue weighted by molar-refractivity contribution is 7.47. The topological polar surface area (TPSA) is 231 Å². The minimum absolute atomic E-state index is 0.110. The van der Waals surface area contributed by atoms with Gasteiger partial charge in [-0.3, -0.25) is 32.5 Å². The number of phosphoric acid groups is 2. The second-order valence-electron chi connectivity index (χ2n) is 31.4. The summed E-state index contributed by atoms with van der Waals surface area (Å²) < 4.78 is 61.5. The normalized spacial score (nSPS) is 14.3. The van der Waals surface area contributed by atoms with Crippen LogP contribution in [0.5, 0.6) is 0 Å². The van der Waals surface area contributed by atoms with Crippen molar-refractivity contribution in [3.8, 4) is 0 Å². The summed E-state index contributed by atoms with van der Waals surface area (Å²) in [6.07, 6.45) is 110. The predicted octanol–water partition coefficient (Wildman–Crippen LogP) is 28.8. The number of aliphatic hydroxyl groups is 2. The van der Waals surface area contributed by atoms with Crippen LogP contribution in [0.4, 0.5) is 0 Å². The molecule has 0 fully saturated rings. The van der Waals surface area contributed by atoms with Crippen molar-refractivity contribution >= 4 is 33.6 Å². The molecule has 0 spiro atoms. The van der Waals surface area contributed by atoms with Crippen molar-refractivity contribution in [1.82, 2.24) is 0 Å². The Morgan fingerprint density at radius 3 is 0.730 bits per heavy atom. The van der Waals surface area contributed by atoms with E-state index >= 15 is 0 Å². The molecule has 115 heavy (non-hydrogen) atoms. The molecule has 18 heteroatoms. The Morgan fingerprint density at radius 2 is 0.461 bits per heavy atom. The molecule has 0 radical (unpaired) electrons. The Hall–Kier alpha value is -4.05. The van der Waals surface area contributed by atoms with E-state index in [1.54, 1.807) is 0 Å². The van der Waals surface area contributed by atoms with Gasteiger partial charge in [0.2, 0.25) is 0 Å². The second kappa shape index (κ2) is 89.2. The van der Waals surface area contributed by atoms with Crippen molar-refractivity contribution in [2.45, 2.75) is 437 Å². The summed E-state index contributed by atoms with van der Waals surface area (Å²) in [5.74, 6) is -1.55. The fraction of sp³-hybridized carbons (Fsp3) is 0.763. The molecule has 0 rings (SSSR count). The van der Waals surface area contributed by atoms with Crippen LogP contribution < -0.4 is 0 Å². The maximum absolute atomic E-state index is 13.0. The quantitative estimate of drug-likeness (QED) is 0.0146. The van der Waals surface area contributed by atoms with Gasteiger partial charge in [0.15, 0.2) is 6.10 Å². The highest BCUT2D eigenvalue weighted by atomic mass is 31.2. The third-order valence-corrected chi connectivity index (χ3v) is 22.1. The van der Waals surface area contributed by atoms with E-state index in [0.29, 0.717) is 19.3 Å². The Morgan fingerprint density at radius 1 is 0.252 bits per heavy atom. The largest absolute Gasteiger partial charge is 0.472 e. The molecule has 0 bridgehead atoms. The Balaban J connectivity index is 4.42. The molecule has 0 aliphatic rings. The first-order valence-corrected chi connectivity index (χ1v) is 49.8. The highest BCUT2D eigenvalue weighted by Crippen LogP contribution is 2.45. The van der Waals surface area contributed by atoms with Gasteiger partial charge in [-0.2, -0.15) is 0 Å². The van der Waals surface area contributed by atoms with Gasteiger partial charge in [0, 0.05) is 19.3 Å². The zero-order chi connectivity index (χ0) is 83.6. The predicted molar refractivity (Wildman–Crippen MR) is 482 cm³/mol. The van der Waals surface area contributed by atoms with Gasteiger partial charge in [-0.15, -0.1) is 0 Å². The summed E-state index contributed by atoms with van der Waals surface area (Å²) >= 11 is 0. The third-order valence-electron chi connectivity index (χ3n) is 20.2. The molecular formula is C97H172O16P2. The number of allylic oxidation sites excluding steroid dienone is 20. The van der Waals surface area contributed by atoms with Crippen LogP contribution in [-0.2, 0) is 55.8 Å². The SMILES string of the molecule is CC/C=C\C/C=C\C/C=C\C/C=C\C/C=C\CCCCCCCCCCCCCCCCCCCC(=O)OCC(O)COP(=O)(O)OCC(O)COP(=O)(O)OCC(COC(=O)CCCCCCCCCCCCCCCCC/C=C\C/C=C\C/C=C\C/C=C\C/C=C\CC)OC(=O)CCCCCCCCCCCCCCCCC. The molecule has 16 nitrogen and oxygen atoms in total. The van der Waals surface area contributed by atoms with Crippen molar-refractivity contribution in [3.63, 3.8) is 0 Å². The lowest BCUT2D eigenvalue weighted by molar-refractivity contribution is -0.161. The number of unbranched alkanes of at least 4 members (excludes halogenated alkanes) is 46. The van der Waals surface area contributed by atoms with Gasteiger partial charge in [-0.05, 0) is 109 Å². The lowest BCUT2D eigenvalue weighted by Gasteiger charge is -2.21. The van der Waals surface area contributed by atoms with Gasteiger partial charge in [0.1, 0.15) is 25.4 Å². The van der Waals surface area contributed by atoms with Crippen LogP contribution in [0.3, 0.4) is 0 Å². The van der Waals surface area contributed by atoms with Gasteiger partial charge in [-0.25, -0.2) is 9.13 Å².